The molecule has 6 nitrogen and oxygen atoms in total. The van der Waals surface area contributed by atoms with Gasteiger partial charge in [-0.05, 0) is 12.8 Å². The van der Waals surface area contributed by atoms with E-state index < -0.39 is 0 Å². The lowest BCUT2D eigenvalue weighted by Crippen LogP contribution is -2.30. The molecule has 2 fully saturated rings. The average molecular weight is 322 g/mol. The molecule has 2 aliphatic rings. The summed E-state index contributed by atoms with van der Waals surface area (Å²) in [6.07, 6.45) is 8.63. The predicted molar refractivity (Wildman–Crippen MR) is 84.2 cm³/mol. The van der Waals surface area contributed by atoms with Gasteiger partial charge >= 0.3 is 0 Å². The van der Waals surface area contributed by atoms with Gasteiger partial charge in [-0.3, -0.25) is 29.0 Å². The molecule has 128 valence electrons. The summed E-state index contributed by atoms with van der Waals surface area (Å²) in [5.74, 6) is -0.107. The molecule has 2 heterocycles. The van der Waals surface area contributed by atoms with E-state index in [-0.39, 0.29) is 23.6 Å². The summed E-state index contributed by atoms with van der Waals surface area (Å²) in [6.45, 7) is 1.13. The first-order valence-corrected chi connectivity index (χ1v) is 8.76. The Labute approximate surface area is 137 Å². The number of hydrogen-bond donors (Lipinski definition) is 0. The monoisotopic (exact) mass is 322 g/mol. The van der Waals surface area contributed by atoms with Gasteiger partial charge in [-0.15, -0.1) is 0 Å². The van der Waals surface area contributed by atoms with Crippen molar-refractivity contribution in [2.75, 3.05) is 13.1 Å². The molecular weight excluding hydrogens is 296 g/mol. The van der Waals surface area contributed by atoms with Crippen molar-refractivity contribution in [3.63, 3.8) is 0 Å². The molecule has 0 N–H and O–H groups in total. The fourth-order valence-corrected chi connectivity index (χ4v) is 3.17. The number of rotatable bonds is 10. The SMILES string of the molecule is O=C1CCC(=O)N1CCCCCCCCCN1C(=O)CCC1=O. The normalized spacial score (nSPS) is 18.6. The first kappa shape index (κ1) is 17.6. The van der Waals surface area contributed by atoms with Crippen LogP contribution in [0.2, 0.25) is 0 Å². The summed E-state index contributed by atoms with van der Waals surface area (Å²) in [4.78, 5) is 48.5. The van der Waals surface area contributed by atoms with Crippen LogP contribution in [0.15, 0.2) is 0 Å². The first-order valence-electron chi connectivity index (χ1n) is 8.76. The highest BCUT2D eigenvalue weighted by molar-refractivity contribution is 6.02. The molecule has 2 saturated heterocycles. The van der Waals surface area contributed by atoms with Crippen molar-refractivity contribution in [2.45, 2.75) is 70.6 Å². The van der Waals surface area contributed by atoms with Gasteiger partial charge in [0.05, 0.1) is 0 Å². The van der Waals surface area contributed by atoms with E-state index >= 15 is 0 Å². The maximum atomic E-state index is 11.4. The standard InChI is InChI=1S/C17H26N2O4/c20-14-8-9-15(21)18(14)12-6-4-2-1-3-5-7-13-19-16(22)10-11-17(19)23/h1-13H2. The Morgan fingerprint density at radius 1 is 0.478 bits per heavy atom. The molecule has 0 spiro atoms. The average Bonchev–Trinajstić information content (AvgIpc) is 3.02. The summed E-state index contributed by atoms with van der Waals surface area (Å²) < 4.78 is 0. The van der Waals surface area contributed by atoms with Crippen molar-refractivity contribution in [3.05, 3.63) is 0 Å². The maximum absolute atomic E-state index is 11.4. The summed E-state index contributed by atoms with van der Waals surface area (Å²) in [5, 5.41) is 0. The number of hydrogen-bond acceptors (Lipinski definition) is 4. The number of amides is 4. The minimum absolute atomic E-state index is 0.0268. The molecular formula is C17H26N2O4. The van der Waals surface area contributed by atoms with Crippen LogP contribution in [0, 0.1) is 0 Å². The second-order valence-corrected chi connectivity index (χ2v) is 6.35. The van der Waals surface area contributed by atoms with Gasteiger partial charge in [0.25, 0.3) is 0 Å². The molecule has 0 radical (unpaired) electrons. The van der Waals surface area contributed by atoms with E-state index in [1.165, 1.54) is 9.80 Å². The topological polar surface area (TPSA) is 74.8 Å². The molecule has 0 unspecified atom stereocenters. The molecule has 0 aromatic rings. The number of carbonyl (C=O) groups excluding carboxylic acids is 4. The van der Waals surface area contributed by atoms with Gasteiger partial charge in [0.15, 0.2) is 0 Å². The van der Waals surface area contributed by atoms with Crippen LogP contribution in [0.4, 0.5) is 0 Å². The Hall–Kier alpha value is -1.72. The van der Waals surface area contributed by atoms with Gasteiger partial charge in [-0.2, -0.15) is 0 Å². The van der Waals surface area contributed by atoms with Crippen LogP contribution < -0.4 is 0 Å². The van der Waals surface area contributed by atoms with Gasteiger partial charge in [-0.25, -0.2) is 0 Å². The molecule has 0 atom stereocenters. The van der Waals surface area contributed by atoms with Crippen LogP contribution in [0.3, 0.4) is 0 Å². The van der Waals surface area contributed by atoms with Crippen LogP contribution in [-0.2, 0) is 19.2 Å². The zero-order valence-electron chi connectivity index (χ0n) is 13.7. The Morgan fingerprint density at radius 2 is 0.739 bits per heavy atom. The first-order chi connectivity index (χ1) is 11.1. The van der Waals surface area contributed by atoms with Crippen molar-refractivity contribution in [1.29, 1.82) is 0 Å². The van der Waals surface area contributed by atoms with Crippen molar-refractivity contribution in [1.82, 2.24) is 9.80 Å². The van der Waals surface area contributed by atoms with Gasteiger partial charge in [-0.1, -0.05) is 32.1 Å². The molecule has 4 amide bonds. The van der Waals surface area contributed by atoms with E-state index in [0.29, 0.717) is 38.8 Å². The molecule has 0 bridgehead atoms. The van der Waals surface area contributed by atoms with Crippen molar-refractivity contribution in [3.8, 4) is 0 Å². The molecule has 0 aromatic carbocycles. The summed E-state index contributed by atoms with van der Waals surface area (Å²) in [7, 11) is 0. The Balaban J connectivity index is 1.42. The summed E-state index contributed by atoms with van der Waals surface area (Å²) in [5.41, 5.74) is 0. The molecule has 2 aliphatic heterocycles. The molecule has 2 rings (SSSR count). The van der Waals surface area contributed by atoms with Crippen LogP contribution in [0.1, 0.15) is 70.6 Å². The second kappa shape index (κ2) is 8.79. The molecule has 0 saturated carbocycles. The van der Waals surface area contributed by atoms with E-state index in [0.717, 1.165) is 44.9 Å². The van der Waals surface area contributed by atoms with Crippen LogP contribution in [0.5, 0.6) is 0 Å². The van der Waals surface area contributed by atoms with Crippen LogP contribution in [0.25, 0.3) is 0 Å². The maximum Gasteiger partial charge on any atom is 0.229 e. The van der Waals surface area contributed by atoms with E-state index in [9.17, 15) is 19.2 Å². The fraction of sp³-hybridized carbons (Fsp3) is 0.765. The summed E-state index contributed by atoms with van der Waals surface area (Å²) >= 11 is 0. The van der Waals surface area contributed by atoms with Gasteiger partial charge < -0.3 is 0 Å². The highest BCUT2D eigenvalue weighted by Crippen LogP contribution is 2.15. The number of nitrogens with zero attached hydrogens (tertiary/aromatic N) is 2. The largest absolute Gasteiger partial charge is 0.283 e. The highest BCUT2D eigenvalue weighted by Gasteiger charge is 2.28. The minimum atomic E-state index is -0.0268. The molecule has 0 aromatic heterocycles. The second-order valence-electron chi connectivity index (χ2n) is 6.35. The Morgan fingerprint density at radius 3 is 1.04 bits per heavy atom. The van der Waals surface area contributed by atoms with Gasteiger partial charge in [0.2, 0.25) is 23.6 Å². The van der Waals surface area contributed by atoms with Crippen LogP contribution in [-0.4, -0.2) is 46.5 Å². The van der Waals surface area contributed by atoms with E-state index in [1.807, 2.05) is 0 Å². The van der Waals surface area contributed by atoms with Crippen molar-refractivity contribution in [2.24, 2.45) is 0 Å². The van der Waals surface area contributed by atoms with Gasteiger partial charge in [0.1, 0.15) is 0 Å². The molecule has 0 aliphatic carbocycles. The zero-order chi connectivity index (χ0) is 16.7. The number of unbranched alkanes of at least 4 members (excludes halogenated alkanes) is 6. The van der Waals surface area contributed by atoms with E-state index in [4.69, 9.17) is 0 Å². The highest BCUT2D eigenvalue weighted by atomic mass is 16.2. The quantitative estimate of drug-likeness (QED) is 0.455. The third-order valence-electron chi connectivity index (χ3n) is 4.57. The third kappa shape index (κ3) is 5.15. The smallest absolute Gasteiger partial charge is 0.229 e. The summed E-state index contributed by atoms with van der Waals surface area (Å²) in [6, 6.07) is 0. The number of imide groups is 2. The van der Waals surface area contributed by atoms with Crippen molar-refractivity contribution < 1.29 is 19.2 Å². The zero-order valence-corrected chi connectivity index (χ0v) is 13.7. The van der Waals surface area contributed by atoms with Crippen LogP contribution >= 0.6 is 0 Å². The lowest BCUT2D eigenvalue weighted by atomic mass is 10.1. The lowest BCUT2D eigenvalue weighted by molar-refractivity contribution is -0.140. The fourth-order valence-electron chi connectivity index (χ4n) is 3.17. The number of likely N-dealkylation sites (tertiary alicyclic amines) is 2. The Kier molecular flexibility index (Phi) is 6.74. The minimum Gasteiger partial charge on any atom is -0.283 e. The third-order valence-corrected chi connectivity index (χ3v) is 4.57. The van der Waals surface area contributed by atoms with E-state index in [1.54, 1.807) is 0 Å². The Bertz CT molecular complexity index is 401. The molecule has 23 heavy (non-hydrogen) atoms. The van der Waals surface area contributed by atoms with E-state index in [2.05, 4.69) is 0 Å². The van der Waals surface area contributed by atoms with Crippen molar-refractivity contribution >= 4 is 23.6 Å². The lowest BCUT2D eigenvalue weighted by Gasteiger charge is -2.13. The molecule has 6 heteroatoms. The predicted octanol–water partition coefficient (Wildman–Crippen LogP) is 2.02. The van der Waals surface area contributed by atoms with Gasteiger partial charge in [0, 0.05) is 38.8 Å². The number of carbonyl (C=O) groups is 4.